The number of anilines is 1. The number of nitrogens with one attached hydrogen (secondary N) is 1. The maximum Gasteiger partial charge on any atom is 0.269 e. The molecule has 0 heterocycles. The van der Waals surface area contributed by atoms with Crippen molar-refractivity contribution in [2.45, 2.75) is 12.8 Å². The van der Waals surface area contributed by atoms with E-state index in [1.807, 2.05) is 0 Å². The Balaban J connectivity index is 2.11. The lowest BCUT2D eigenvalue weighted by Gasteiger charge is -2.13. The highest BCUT2D eigenvalue weighted by Gasteiger charge is 2.17. The molecule has 114 valence electrons. The minimum absolute atomic E-state index is 0.0131. The summed E-state index contributed by atoms with van der Waals surface area (Å²) in [5.41, 5.74) is 1.21. The van der Waals surface area contributed by atoms with Gasteiger partial charge in [-0.15, -0.1) is 0 Å². The summed E-state index contributed by atoms with van der Waals surface area (Å²) in [4.78, 5) is 22.3. The van der Waals surface area contributed by atoms with Gasteiger partial charge in [-0.2, -0.15) is 0 Å². The number of hydrogen-bond acceptors (Lipinski definition) is 3. The number of nitrogens with zero attached hydrogens (tertiary/aromatic N) is 1. The molecule has 2 aromatic carbocycles. The molecule has 0 aliphatic heterocycles. The van der Waals surface area contributed by atoms with Gasteiger partial charge in [-0.1, -0.05) is 35.3 Å². The van der Waals surface area contributed by atoms with E-state index >= 15 is 0 Å². The topological polar surface area (TPSA) is 72.2 Å². The van der Waals surface area contributed by atoms with Gasteiger partial charge in [0.2, 0.25) is 5.91 Å². The van der Waals surface area contributed by atoms with E-state index < -0.39 is 10.8 Å². The zero-order valence-electron chi connectivity index (χ0n) is 11.5. The van der Waals surface area contributed by atoms with Crippen molar-refractivity contribution in [1.82, 2.24) is 0 Å². The van der Waals surface area contributed by atoms with E-state index in [4.69, 9.17) is 23.2 Å². The second kappa shape index (κ2) is 6.77. The molecule has 7 heteroatoms. The van der Waals surface area contributed by atoms with Crippen molar-refractivity contribution in [2.75, 3.05) is 5.32 Å². The number of nitro groups is 1. The molecule has 1 atom stereocenters. The first-order chi connectivity index (χ1) is 10.4. The Morgan fingerprint density at radius 3 is 2.32 bits per heavy atom. The van der Waals surface area contributed by atoms with Gasteiger partial charge in [0.05, 0.1) is 20.9 Å². The van der Waals surface area contributed by atoms with E-state index in [-0.39, 0.29) is 11.6 Å². The van der Waals surface area contributed by atoms with E-state index in [9.17, 15) is 14.9 Å². The number of rotatable bonds is 4. The minimum atomic E-state index is -0.482. The molecule has 0 spiro atoms. The van der Waals surface area contributed by atoms with E-state index in [0.29, 0.717) is 21.3 Å². The summed E-state index contributed by atoms with van der Waals surface area (Å²) in [5, 5.41) is 14.1. The highest BCUT2D eigenvalue weighted by molar-refractivity contribution is 6.42. The standard InChI is InChI=1S/C15H12Cl2N2O3/c1-9(10-2-5-12(6-3-10)19(21)22)15(20)18-11-4-7-13(16)14(17)8-11/h2-9H,1H3,(H,18,20). The number of carbonyl (C=O) groups excluding carboxylic acids is 1. The van der Waals surface area contributed by atoms with Crippen LogP contribution in [-0.4, -0.2) is 10.8 Å². The van der Waals surface area contributed by atoms with Crippen LogP contribution in [0, 0.1) is 10.1 Å². The minimum Gasteiger partial charge on any atom is -0.326 e. The van der Waals surface area contributed by atoms with Crippen molar-refractivity contribution in [3.8, 4) is 0 Å². The van der Waals surface area contributed by atoms with Crippen molar-refractivity contribution in [1.29, 1.82) is 0 Å². The summed E-state index contributed by atoms with van der Waals surface area (Å²) in [5.74, 6) is -0.706. The molecule has 2 rings (SSSR count). The molecule has 0 fully saturated rings. The van der Waals surface area contributed by atoms with Gasteiger partial charge in [0.1, 0.15) is 0 Å². The fourth-order valence-electron chi connectivity index (χ4n) is 1.86. The second-order valence-corrected chi connectivity index (χ2v) is 5.50. The predicted octanol–water partition coefficient (Wildman–Crippen LogP) is 4.64. The van der Waals surface area contributed by atoms with Crippen LogP contribution in [0.25, 0.3) is 0 Å². The number of nitro benzene ring substituents is 1. The van der Waals surface area contributed by atoms with E-state index in [0.717, 1.165) is 0 Å². The Hall–Kier alpha value is -2.11. The summed E-state index contributed by atoms with van der Waals surface area (Å²) in [6.45, 7) is 1.72. The lowest BCUT2D eigenvalue weighted by molar-refractivity contribution is -0.384. The Bertz CT molecular complexity index is 717. The number of amides is 1. The molecule has 22 heavy (non-hydrogen) atoms. The van der Waals surface area contributed by atoms with Crippen LogP contribution < -0.4 is 5.32 Å². The summed E-state index contributed by atoms with van der Waals surface area (Å²) in [6.07, 6.45) is 0. The highest BCUT2D eigenvalue weighted by Crippen LogP contribution is 2.26. The Kier molecular flexibility index (Phi) is 5.00. The number of halogens is 2. The van der Waals surface area contributed by atoms with Gasteiger partial charge in [-0.05, 0) is 30.7 Å². The van der Waals surface area contributed by atoms with E-state index in [2.05, 4.69) is 5.32 Å². The van der Waals surface area contributed by atoms with Gasteiger partial charge in [-0.3, -0.25) is 14.9 Å². The molecule has 0 bridgehead atoms. The van der Waals surface area contributed by atoms with E-state index in [1.54, 1.807) is 37.3 Å². The van der Waals surface area contributed by atoms with Gasteiger partial charge in [0.15, 0.2) is 0 Å². The number of hydrogen-bond donors (Lipinski definition) is 1. The Morgan fingerprint density at radius 2 is 1.77 bits per heavy atom. The Labute approximate surface area is 137 Å². The second-order valence-electron chi connectivity index (χ2n) is 4.69. The molecule has 0 radical (unpaired) electrons. The number of carbonyl (C=O) groups is 1. The van der Waals surface area contributed by atoms with Crippen molar-refractivity contribution >= 4 is 40.5 Å². The van der Waals surface area contributed by atoms with Gasteiger partial charge in [0, 0.05) is 17.8 Å². The first kappa shape index (κ1) is 16.3. The third-order valence-corrected chi connectivity index (χ3v) is 3.92. The smallest absolute Gasteiger partial charge is 0.269 e. The molecule has 0 saturated heterocycles. The zero-order chi connectivity index (χ0) is 16.3. The summed E-state index contributed by atoms with van der Waals surface area (Å²) < 4.78 is 0. The molecule has 0 aromatic heterocycles. The maximum absolute atomic E-state index is 12.2. The molecule has 1 unspecified atom stereocenters. The predicted molar refractivity (Wildman–Crippen MR) is 86.6 cm³/mol. The normalized spacial score (nSPS) is 11.8. The van der Waals surface area contributed by atoms with Crippen LogP contribution in [0.5, 0.6) is 0 Å². The van der Waals surface area contributed by atoms with Crippen molar-refractivity contribution in [3.05, 3.63) is 68.2 Å². The summed E-state index contributed by atoms with van der Waals surface area (Å²) in [7, 11) is 0. The molecule has 0 aliphatic carbocycles. The molecule has 5 nitrogen and oxygen atoms in total. The Morgan fingerprint density at radius 1 is 1.14 bits per heavy atom. The average Bonchev–Trinajstić information content (AvgIpc) is 2.50. The third kappa shape index (κ3) is 3.75. The average molecular weight is 339 g/mol. The van der Waals surface area contributed by atoms with Crippen LogP contribution in [0.15, 0.2) is 42.5 Å². The number of benzene rings is 2. The maximum atomic E-state index is 12.2. The SMILES string of the molecule is CC(C(=O)Nc1ccc(Cl)c(Cl)c1)c1ccc([N+](=O)[O-])cc1. The summed E-state index contributed by atoms with van der Waals surface area (Å²) in [6, 6.07) is 10.7. The zero-order valence-corrected chi connectivity index (χ0v) is 13.1. The van der Waals surface area contributed by atoms with Crippen LogP contribution in [-0.2, 0) is 4.79 Å². The third-order valence-electron chi connectivity index (χ3n) is 3.18. The van der Waals surface area contributed by atoms with Crippen LogP contribution in [0.4, 0.5) is 11.4 Å². The molecule has 1 N–H and O–H groups in total. The van der Waals surface area contributed by atoms with Crippen LogP contribution in [0.2, 0.25) is 10.0 Å². The fraction of sp³-hybridized carbons (Fsp3) is 0.133. The monoisotopic (exact) mass is 338 g/mol. The van der Waals surface area contributed by atoms with Crippen LogP contribution >= 0.6 is 23.2 Å². The lowest BCUT2D eigenvalue weighted by atomic mass is 10.00. The van der Waals surface area contributed by atoms with Crippen LogP contribution in [0.3, 0.4) is 0 Å². The van der Waals surface area contributed by atoms with Gasteiger partial charge < -0.3 is 5.32 Å². The van der Waals surface area contributed by atoms with Crippen molar-refractivity contribution in [3.63, 3.8) is 0 Å². The first-order valence-electron chi connectivity index (χ1n) is 6.38. The highest BCUT2D eigenvalue weighted by atomic mass is 35.5. The molecule has 0 saturated carbocycles. The van der Waals surface area contributed by atoms with Gasteiger partial charge in [-0.25, -0.2) is 0 Å². The largest absolute Gasteiger partial charge is 0.326 e. The van der Waals surface area contributed by atoms with Gasteiger partial charge in [0.25, 0.3) is 5.69 Å². The first-order valence-corrected chi connectivity index (χ1v) is 7.14. The molecular weight excluding hydrogens is 327 g/mol. The molecule has 1 amide bonds. The quantitative estimate of drug-likeness (QED) is 0.651. The summed E-state index contributed by atoms with van der Waals surface area (Å²) >= 11 is 11.7. The molecular formula is C15H12Cl2N2O3. The lowest BCUT2D eigenvalue weighted by Crippen LogP contribution is -2.18. The molecule has 2 aromatic rings. The van der Waals surface area contributed by atoms with Crippen molar-refractivity contribution < 1.29 is 9.72 Å². The fourth-order valence-corrected chi connectivity index (χ4v) is 2.16. The van der Waals surface area contributed by atoms with Crippen LogP contribution in [0.1, 0.15) is 18.4 Å². The number of non-ortho nitro benzene ring substituents is 1. The van der Waals surface area contributed by atoms with Crippen molar-refractivity contribution in [2.24, 2.45) is 0 Å². The van der Waals surface area contributed by atoms with Gasteiger partial charge >= 0.3 is 0 Å². The van der Waals surface area contributed by atoms with E-state index in [1.165, 1.54) is 12.1 Å². The molecule has 0 aliphatic rings.